The molecule has 1 amide bonds. The second kappa shape index (κ2) is 12.7. The lowest BCUT2D eigenvalue weighted by atomic mass is 10.2. The molecule has 0 atom stereocenters. The van der Waals surface area contributed by atoms with Crippen molar-refractivity contribution in [1.82, 2.24) is 5.43 Å². The maximum atomic E-state index is 13.6. The minimum atomic E-state index is -4.08. The van der Waals surface area contributed by atoms with E-state index in [4.69, 9.17) is 9.47 Å². The van der Waals surface area contributed by atoms with Crippen LogP contribution in [0.25, 0.3) is 0 Å². The van der Waals surface area contributed by atoms with Crippen molar-refractivity contribution in [3.63, 3.8) is 0 Å². The first-order chi connectivity index (χ1) is 18.9. The molecule has 0 aliphatic carbocycles. The maximum absolute atomic E-state index is 13.6. The summed E-state index contributed by atoms with van der Waals surface area (Å²) < 4.78 is 39.3. The summed E-state index contributed by atoms with van der Waals surface area (Å²) in [4.78, 5) is 12.9. The Labute approximate surface area is 228 Å². The van der Waals surface area contributed by atoms with Crippen LogP contribution in [0.5, 0.6) is 11.5 Å². The number of aryl methyl sites for hydroxylation is 1. The van der Waals surface area contributed by atoms with Gasteiger partial charge in [-0.15, -0.1) is 0 Å². The molecular weight excluding hydrogens is 514 g/mol. The third-order valence-electron chi connectivity index (χ3n) is 5.78. The summed E-state index contributed by atoms with van der Waals surface area (Å²) in [5, 5.41) is 4.00. The average Bonchev–Trinajstić information content (AvgIpc) is 2.96. The summed E-state index contributed by atoms with van der Waals surface area (Å²) in [6, 6.07) is 30.1. The minimum Gasteiger partial charge on any atom is -0.495 e. The van der Waals surface area contributed by atoms with Crippen molar-refractivity contribution in [3.05, 3.63) is 120 Å². The van der Waals surface area contributed by atoms with Crippen molar-refractivity contribution in [2.24, 2.45) is 5.10 Å². The molecule has 0 saturated heterocycles. The molecule has 1 N–H and O–H groups in total. The van der Waals surface area contributed by atoms with Crippen molar-refractivity contribution >= 4 is 27.8 Å². The molecule has 9 heteroatoms. The second-order valence-electron chi connectivity index (χ2n) is 8.63. The van der Waals surface area contributed by atoms with Crippen LogP contribution in [0.2, 0.25) is 0 Å². The number of sulfonamides is 1. The van der Waals surface area contributed by atoms with Crippen LogP contribution < -0.4 is 19.2 Å². The molecule has 0 spiro atoms. The van der Waals surface area contributed by atoms with E-state index in [1.54, 1.807) is 48.5 Å². The molecule has 0 fully saturated rings. The molecule has 0 bridgehead atoms. The largest absolute Gasteiger partial charge is 0.495 e. The van der Waals surface area contributed by atoms with Gasteiger partial charge in [-0.1, -0.05) is 60.2 Å². The van der Waals surface area contributed by atoms with E-state index >= 15 is 0 Å². The molecule has 200 valence electrons. The number of hydrogen-bond donors (Lipinski definition) is 1. The third kappa shape index (κ3) is 7.24. The number of ether oxygens (including phenoxy) is 2. The summed E-state index contributed by atoms with van der Waals surface area (Å²) in [6.45, 7) is 1.82. The van der Waals surface area contributed by atoms with Gasteiger partial charge in [0.1, 0.15) is 24.7 Å². The Morgan fingerprint density at radius 3 is 2.26 bits per heavy atom. The fourth-order valence-corrected chi connectivity index (χ4v) is 5.14. The van der Waals surface area contributed by atoms with Crippen molar-refractivity contribution < 1.29 is 22.7 Å². The number of carbonyl (C=O) groups excluding carboxylic acids is 1. The zero-order valence-electron chi connectivity index (χ0n) is 21.7. The Balaban J connectivity index is 1.44. The number of nitrogens with zero attached hydrogens (tertiary/aromatic N) is 2. The van der Waals surface area contributed by atoms with Gasteiger partial charge in [0, 0.05) is 0 Å². The molecule has 39 heavy (non-hydrogen) atoms. The first-order valence-electron chi connectivity index (χ1n) is 12.2. The number of amides is 1. The van der Waals surface area contributed by atoms with Crippen LogP contribution in [0.4, 0.5) is 5.69 Å². The van der Waals surface area contributed by atoms with Gasteiger partial charge in [0.2, 0.25) is 0 Å². The molecule has 4 rings (SSSR count). The molecule has 8 nitrogen and oxygen atoms in total. The summed E-state index contributed by atoms with van der Waals surface area (Å²) >= 11 is 0. The number of carbonyl (C=O) groups is 1. The van der Waals surface area contributed by atoms with Crippen LogP contribution in [0.3, 0.4) is 0 Å². The fraction of sp³-hybridized carbons (Fsp3) is 0.133. The third-order valence-corrected chi connectivity index (χ3v) is 7.56. The van der Waals surface area contributed by atoms with Gasteiger partial charge >= 0.3 is 0 Å². The van der Waals surface area contributed by atoms with Gasteiger partial charge in [-0.05, 0) is 66.6 Å². The summed E-state index contributed by atoms with van der Waals surface area (Å²) in [5.41, 5.74) is 5.37. The second-order valence-corrected chi connectivity index (χ2v) is 10.5. The summed E-state index contributed by atoms with van der Waals surface area (Å²) in [6.07, 6.45) is 1.47. The molecule has 0 aliphatic rings. The normalized spacial score (nSPS) is 11.2. The zero-order valence-corrected chi connectivity index (χ0v) is 22.5. The van der Waals surface area contributed by atoms with E-state index in [-0.39, 0.29) is 10.6 Å². The monoisotopic (exact) mass is 543 g/mol. The lowest BCUT2D eigenvalue weighted by Gasteiger charge is -2.25. The number of nitrogens with one attached hydrogen (secondary N) is 1. The Kier molecular flexibility index (Phi) is 8.96. The summed E-state index contributed by atoms with van der Waals surface area (Å²) in [7, 11) is -2.64. The Morgan fingerprint density at radius 2 is 1.56 bits per heavy atom. The highest BCUT2D eigenvalue weighted by Gasteiger charge is 2.29. The Bertz CT molecular complexity index is 1520. The SMILES string of the molecule is COc1ccccc1N(CC(=O)N/N=C\c1ccc(OCc2ccccc2)cc1)S(=O)(=O)c1ccc(C)cc1. The fourth-order valence-electron chi connectivity index (χ4n) is 3.71. The number of methoxy groups -OCH3 is 1. The van der Waals surface area contributed by atoms with Crippen molar-refractivity contribution in [2.75, 3.05) is 18.0 Å². The quantitative estimate of drug-likeness (QED) is 0.214. The maximum Gasteiger partial charge on any atom is 0.264 e. The van der Waals surface area contributed by atoms with Gasteiger partial charge in [0.15, 0.2) is 0 Å². The van der Waals surface area contributed by atoms with Crippen LogP contribution in [0.15, 0.2) is 113 Å². The zero-order chi connectivity index (χ0) is 27.7. The minimum absolute atomic E-state index is 0.0601. The number of hydrazone groups is 1. The number of hydrogen-bond acceptors (Lipinski definition) is 6. The highest BCUT2D eigenvalue weighted by Crippen LogP contribution is 2.32. The lowest BCUT2D eigenvalue weighted by molar-refractivity contribution is -0.119. The predicted octanol–water partition coefficient (Wildman–Crippen LogP) is 4.93. The first-order valence-corrected chi connectivity index (χ1v) is 13.6. The Morgan fingerprint density at radius 1 is 0.897 bits per heavy atom. The molecule has 0 aromatic heterocycles. The lowest BCUT2D eigenvalue weighted by Crippen LogP contribution is -2.39. The molecule has 0 unspecified atom stereocenters. The topological polar surface area (TPSA) is 97.3 Å². The van der Waals surface area contributed by atoms with Crippen molar-refractivity contribution in [2.45, 2.75) is 18.4 Å². The Hall–Kier alpha value is -4.63. The molecular formula is C30H29N3O5S. The van der Waals surface area contributed by atoms with Gasteiger partial charge in [-0.3, -0.25) is 9.10 Å². The highest BCUT2D eigenvalue weighted by atomic mass is 32.2. The van der Waals surface area contributed by atoms with Crippen LogP contribution >= 0.6 is 0 Å². The van der Waals surface area contributed by atoms with Gasteiger partial charge in [-0.2, -0.15) is 5.10 Å². The molecule has 4 aromatic rings. The molecule has 4 aromatic carbocycles. The average molecular weight is 544 g/mol. The number of anilines is 1. The van der Waals surface area contributed by atoms with E-state index in [2.05, 4.69) is 10.5 Å². The number of benzene rings is 4. The van der Waals surface area contributed by atoms with Crippen LogP contribution in [-0.4, -0.2) is 34.2 Å². The predicted molar refractivity (Wildman–Crippen MR) is 152 cm³/mol. The van der Waals surface area contributed by atoms with Crippen molar-refractivity contribution in [3.8, 4) is 11.5 Å². The summed E-state index contributed by atoms with van der Waals surface area (Å²) in [5.74, 6) is 0.406. The molecule has 0 aliphatic heterocycles. The molecule has 0 saturated carbocycles. The standard InChI is InChI=1S/C30H29N3O5S/c1-23-12-18-27(19-13-23)39(35,36)33(28-10-6-7-11-29(28)37-2)21-30(34)32-31-20-24-14-16-26(17-15-24)38-22-25-8-4-3-5-9-25/h3-20H,21-22H2,1-2H3,(H,32,34)/b31-20-. The van der Waals surface area contributed by atoms with Gasteiger partial charge in [0.05, 0.1) is 23.9 Å². The van der Waals surface area contributed by atoms with Gasteiger partial charge < -0.3 is 9.47 Å². The van der Waals surface area contributed by atoms with Crippen LogP contribution in [0, 0.1) is 6.92 Å². The van der Waals surface area contributed by atoms with E-state index in [9.17, 15) is 13.2 Å². The van der Waals surface area contributed by atoms with Crippen LogP contribution in [-0.2, 0) is 21.4 Å². The molecule has 0 heterocycles. The van der Waals surface area contributed by atoms with E-state index < -0.39 is 22.5 Å². The number of para-hydroxylation sites is 2. The van der Waals surface area contributed by atoms with Crippen LogP contribution in [0.1, 0.15) is 16.7 Å². The van der Waals surface area contributed by atoms with E-state index in [1.165, 1.54) is 25.5 Å². The van der Waals surface area contributed by atoms with Crippen molar-refractivity contribution in [1.29, 1.82) is 0 Å². The first kappa shape index (κ1) is 27.4. The highest BCUT2D eigenvalue weighted by molar-refractivity contribution is 7.92. The molecule has 0 radical (unpaired) electrons. The van der Waals surface area contributed by atoms with E-state index in [1.807, 2.05) is 49.4 Å². The van der Waals surface area contributed by atoms with E-state index in [0.29, 0.717) is 18.1 Å². The van der Waals surface area contributed by atoms with E-state index in [0.717, 1.165) is 21.0 Å². The number of rotatable bonds is 11. The smallest absolute Gasteiger partial charge is 0.264 e. The van der Waals surface area contributed by atoms with Gasteiger partial charge in [-0.25, -0.2) is 13.8 Å². The van der Waals surface area contributed by atoms with Gasteiger partial charge in [0.25, 0.3) is 15.9 Å².